The molecule has 1 N–H and O–H groups in total. The van der Waals surface area contributed by atoms with Crippen LogP contribution in [0.2, 0.25) is 0 Å². The van der Waals surface area contributed by atoms with Crippen molar-refractivity contribution in [2.24, 2.45) is 0 Å². The third kappa shape index (κ3) is 1.35. The molecule has 0 spiro atoms. The van der Waals surface area contributed by atoms with Gasteiger partial charge in [0.2, 0.25) is 0 Å². The Hall–Kier alpha value is -1.83. The second kappa shape index (κ2) is 2.84. The molecule has 0 atom stereocenters. The van der Waals surface area contributed by atoms with Crippen LogP contribution >= 0.6 is 0 Å². The van der Waals surface area contributed by atoms with Gasteiger partial charge in [-0.05, 0) is 6.07 Å². The van der Waals surface area contributed by atoms with E-state index >= 15 is 0 Å². The first-order valence-corrected chi connectivity index (χ1v) is 2.87. The number of hydrogen-bond donors (Lipinski definition) is 1. The van der Waals surface area contributed by atoms with Gasteiger partial charge in [0.05, 0.1) is 6.07 Å². The van der Waals surface area contributed by atoms with Gasteiger partial charge in [-0.3, -0.25) is 0 Å². The quantitative estimate of drug-likeness (QED) is 0.650. The summed E-state index contributed by atoms with van der Waals surface area (Å²) in [6.07, 6.45) is 1.35. The molecule has 0 aromatic carbocycles. The summed E-state index contributed by atoms with van der Waals surface area (Å²) >= 11 is 0. The first-order valence-electron chi connectivity index (χ1n) is 2.87. The van der Waals surface area contributed by atoms with Crippen molar-refractivity contribution < 1.29 is 9.90 Å². The van der Waals surface area contributed by atoms with E-state index in [2.05, 4.69) is 5.10 Å². The minimum Gasteiger partial charge on any atom is -0.477 e. The second-order valence-corrected chi connectivity index (χ2v) is 1.84. The van der Waals surface area contributed by atoms with Crippen molar-refractivity contribution in [1.82, 2.24) is 9.78 Å². The molecule has 0 aliphatic heterocycles. The van der Waals surface area contributed by atoms with E-state index in [1.165, 1.54) is 12.3 Å². The topological polar surface area (TPSA) is 78.9 Å². The Morgan fingerprint density at radius 3 is 3.18 bits per heavy atom. The molecule has 0 amide bonds. The van der Waals surface area contributed by atoms with Crippen molar-refractivity contribution in [3.63, 3.8) is 0 Å². The second-order valence-electron chi connectivity index (χ2n) is 1.84. The molecular formula is C6H5N3O2. The maximum atomic E-state index is 10.4. The highest BCUT2D eigenvalue weighted by molar-refractivity contribution is 5.85. The molecule has 0 aliphatic rings. The lowest BCUT2D eigenvalue weighted by atomic mass is 10.4. The Bertz CT molecular complexity index is 310. The fraction of sp³-hybridized carbons (Fsp3) is 0.167. The van der Waals surface area contributed by atoms with Crippen LogP contribution in [0, 0.1) is 11.3 Å². The Balaban J connectivity index is 2.98. The van der Waals surface area contributed by atoms with Crippen LogP contribution in [0.25, 0.3) is 0 Å². The molecule has 1 aromatic heterocycles. The van der Waals surface area contributed by atoms with Crippen LogP contribution in [0.3, 0.4) is 0 Å². The van der Waals surface area contributed by atoms with Crippen LogP contribution in [0.5, 0.6) is 0 Å². The van der Waals surface area contributed by atoms with Crippen molar-refractivity contribution >= 4 is 5.97 Å². The van der Waals surface area contributed by atoms with Crippen LogP contribution < -0.4 is 0 Å². The van der Waals surface area contributed by atoms with Crippen molar-refractivity contribution in [3.05, 3.63) is 18.0 Å². The number of carbonyl (C=O) groups is 1. The summed E-state index contributed by atoms with van der Waals surface area (Å²) in [5, 5.41) is 20.4. The molecular weight excluding hydrogens is 146 g/mol. The number of aromatic carboxylic acids is 1. The Morgan fingerprint density at radius 2 is 2.64 bits per heavy atom. The Kier molecular flexibility index (Phi) is 1.88. The van der Waals surface area contributed by atoms with E-state index in [1.807, 2.05) is 0 Å². The van der Waals surface area contributed by atoms with Crippen LogP contribution in [-0.2, 0) is 6.54 Å². The Labute approximate surface area is 62.5 Å². The van der Waals surface area contributed by atoms with Gasteiger partial charge in [-0.15, -0.1) is 0 Å². The van der Waals surface area contributed by atoms with Crippen LogP contribution in [-0.4, -0.2) is 20.9 Å². The van der Waals surface area contributed by atoms with E-state index in [-0.39, 0.29) is 12.2 Å². The van der Waals surface area contributed by atoms with Crippen LogP contribution in [0.4, 0.5) is 0 Å². The van der Waals surface area contributed by atoms with E-state index in [1.54, 1.807) is 6.07 Å². The van der Waals surface area contributed by atoms with Crippen LogP contribution in [0.1, 0.15) is 10.5 Å². The highest BCUT2D eigenvalue weighted by Gasteiger charge is 2.08. The molecule has 5 nitrogen and oxygen atoms in total. The largest absolute Gasteiger partial charge is 0.477 e. The zero-order chi connectivity index (χ0) is 8.27. The van der Waals surface area contributed by atoms with Crippen LogP contribution in [0.15, 0.2) is 12.3 Å². The third-order valence-electron chi connectivity index (χ3n) is 1.16. The van der Waals surface area contributed by atoms with Gasteiger partial charge in [-0.1, -0.05) is 0 Å². The lowest BCUT2D eigenvalue weighted by Crippen LogP contribution is -2.08. The predicted molar refractivity (Wildman–Crippen MR) is 34.8 cm³/mol. The molecule has 0 saturated heterocycles. The number of nitriles is 1. The summed E-state index contributed by atoms with van der Waals surface area (Å²) in [5.74, 6) is -1.07. The molecule has 0 unspecified atom stereocenters. The fourth-order valence-electron chi connectivity index (χ4n) is 0.707. The minimum atomic E-state index is -1.07. The van der Waals surface area contributed by atoms with Gasteiger partial charge >= 0.3 is 5.97 Å². The molecule has 1 heterocycles. The summed E-state index contributed by atoms with van der Waals surface area (Å²) in [6.45, 7) is -0.0331. The lowest BCUT2D eigenvalue weighted by Gasteiger charge is -1.95. The van der Waals surface area contributed by atoms with E-state index < -0.39 is 5.97 Å². The number of nitrogens with zero attached hydrogens (tertiary/aromatic N) is 3. The fourth-order valence-corrected chi connectivity index (χ4v) is 0.707. The van der Waals surface area contributed by atoms with Gasteiger partial charge in [0, 0.05) is 6.20 Å². The zero-order valence-corrected chi connectivity index (χ0v) is 5.56. The number of rotatable bonds is 2. The van der Waals surface area contributed by atoms with Gasteiger partial charge in [0.1, 0.15) is 12.2 Å². The van der Waals surface area contributed by atoms with Crippen molar-refractivity contribution in [2.45, 2.75) is 6.54 Å². The number of carboxylic acid groups (broad SMARTS) is 1. The van der Waals surface area contributed by atoms with Gasteiger partial charge in [-0.2, -0.15) is 10.4 Å². The normalized spacial score (nSPS) is 9.00. The smallest absolute Gasteiger partial charge is 0.354 e. The molecule has 11 heavy (non-hydrogen) atoms. The highest BCUT2D eigenvalue weighted by atomic mass is 16.4. The van der Waals surface area contributed by atoms with E-state index in [4.69, 9.17) is 10.4 Å². The zero-order valence-electron chi connectivity index (χ0n) is 5.56. The molecule has 1 rings (SSSR count). The van der Waals surface area contributed by atoms with Gasteiger partial charge in [0.25, 0.3) is 0 Å². The molecule has 0 fully saturated rings. The van der Waals surface area contributed by atoms with E-state index in [9.17, 15) is 4.79 Å². The van der Waals surface area contributed by atoms with Gasteiger partial charge in [0.15, 0.2) is 0 Å². The minimum absolute atomic E-state index is 0.0331. The average molecular weight is 151 g/mol. The summed E-state index contributed by atoms with van der Waals surface area (Å²) in [7, 11) is 0. The standard InChI is InChI=1S/C6H5N3O2/c7-2-4-9-5(6(10)11)1-3-8-9/h1,3H,4H2,(H,10,11). The average Bonchev–Trinajstić information content (AvgIpc) is 2.36. The third-order valence-corrected chi connectivity index (χ3v) is 1.16. The maximum absolute atomic E-state index is 10.4. The van der Waals surface area contributed by atoms with E-state index in [0.29, 0.717) is 0 Å². The highest BCUT2D eigenvalue weighted by Crippen LogP contribution is 1.97. The molecule has 0 radical (unpaired) electrons. The van der Waals surface area contributed by atoms with Crippen molar-refractivity contribution in [3.8, 4) is 6.07 Å². The Morgan fingerprint density at radius 1 is 1.91 bits per heavy atom. The summed E-state index contributed by atoms with van der Waals surface area (Å²) < 4.78 is 1.13. The molecule has 5 heteroatoms. The van der Waals surface area contributed by atoms with Crippen molar-refractivity contribution in [1.29, 1.82) is 5.26 Å². The summed E-state index contributed by atoms with van der Waals surface area (Å²) in [4.78, 5) is 10.4. The monoisotopic (exact) mass is 151 g/mol. The van der Waals surface area contributed by atoms with Crippen molar-refractivity contribution in [2.75, 3.05) is 0 Å². The molecule has 0 bridgehead atoms. The predicted octanol–water partition coefficient (Wildman–Crippen LogP) is 0.105. The number of carboxylic acids is 1. The first-order chi connectivity index (χ1) is 5.25. The lowest BCUT2D eigenvalue weighted by molar-refractivity contribution is 0.0684. The SMILES string of the molecule is N#CCn1nccc1C(=O)O. The summed E-state index contributed by atoms with van der Waals surface area (Å²) in [5.41, 5.74) is 0.0338. The molecule has 0 saturated carbocycles. The van der Waals surface area contributed by atoms with E-state index in [0.717, 1.165) is 4.68 Å². The van der Waals surface area contributed by atoms with Gasteiger partial charge < -0.3 is 5.11 Å². The molecule has 0 aliphatic carbocycles. The summed E-state index contributed by atoms with van der Waals surface area (Å²) in [6, 6.07) is 3.15. The molecule has 56 valence electrons. The molecule has 1 aromatic rings. The first kappa shape index (κ1) is 7.28. The maximum Gasteiger partial charge on any atom is 0.354 e. The van der Waals surface area contributed by atoms with Gasteiger partial charge in [-0.25, -0.2) is 9.48 Å². The number of hydrogen-bond acceptors (Lipinski definition) is 3. The number of aromatic nitrogens is 2.